The van der Waals surface area contributed by atoms with Crippen LogP contribution in [0.4, 0.5) is 10.7 Å². The van der Waals surface area contributed by atoms with E-state index in [0.717, 1.165) is 11.3 Å². The van der Waals surface area contributed by atoms with Gasteiger partial charge in [-0.25, -0.2) is 9.59 Å². The number of amides is 1. The lowest BCUT2D eigenvalue weighted by Crippen LogP contribution is -2.32. The lowest BCUT2D eigenvalue weighted by atomic mass is 10.1. The first-order valence-electron chi connectivity index (χ1n) is 9.15. The molecule has 0 unspecified atom stereocenters. The second-order valence-corrected chi connectivity index (χ2v) is 7.76. The minimum atomic E-state index is -0.683. The molecule has 166 valence electrons. The number of ether oxygens (including phenoxy) is 2. The highest BCUT2D eigenvalue weighted by atomic mass is 32.1. The summed E-state index contributed by atoms with van der Waals surface area (Å²) in [6.07, 6.45) is 0. The van der Waals surface area contributed by atoms with Crippen LogP contribution in [-0.4, -0.2) is 55.5 Å². The van der Waals surface area contributed by atoms with Gasteiger partial charge in [0.15, 0.2) is 0 Å². The van der Waals surface area contributed by atoms with Crippen LogP contribution in [-0.2, 0) is 14.3 Å². The van der Waals surface area contributed by atoms with Crippen LogP contribution in [0.15, 0.2) is 24.3 Å². The first kappa shape index (κ1) is 24.0. The first-order valence-corrected chi connectivity index (χ1v) is 9.96. The number of rotatable bonds is 8. The van der Waals surface area contributed by atoms with Gasteiger partial charge in [-0.05, 0) is 32.0 Å². The van der Waals surface area contributed by atoms with Crippen LogP contribution in [0.2, 0.25) is 0 Å². The predicted octanol–water partition coefficient (Wildman–Crippen LogP) is 3.17. The fraction of sp³-hybridized carbons (Fsp3) is 0.350. The van der Waals surface area contributed by atoms with E-state index in [2.05, 4.69) is 5.32 Å². The molecule has 0 bridgehead atoms. The molecule has 1 amide bonds. The third kappa shape index (κ3) is 5.44. The van der Waals surface area contributed by atoms with E-state index in [1.54, 1.807) is 31.0 Å². The van der Waals surface area contributed by atoms with Crippen molar-refractivity contribution in [1.82, 2.24) is 4.90 Å². The standard InChI is InChI=1S/C20H23N3O7S/c1-11-16(19(25)29-4)18(31-17(11)20(26)30-5)21-15(24)10-22(3)12(2)13-7-6-8-14(9-13)23(27)28/h6-9,12H,10H2,1-5H3,(H,21,24)/t12-/m0/s1. The number of methoxy groups -OCH3 is 2. The molecule has 31 heavy (non-hydrogen) atoms. The molecule has 11 heteroatoms. The van der Waals surface area contributed by atoms with Crippen molar-refractivity contribution in [2.75, 3.05) is 33.1 Å². The maximum absolute atomic E-state index is 12.6. The van der Waals surface area contributed by atoms with Gasteiger partial charge in [0.1, 0.15) is 9.88 Å². The number of thiophene rings is 1. The highest BCUT2D eigenvalue weighted by Gasteiger charge is 2.27. The molecular formula is C20H23N3O7S. The van der Waals surface area contributed by atoms with Crippen LogP contribution in [0.5, 0.6) is 0 Å². The Bertz CT molecular complexity index is 1020. The van der Waals surface area contributed by atoms with Gasteiger partial charge in [0.2, 0.25) is 5.91 Å². The quantitative estimate of drug-likeness (QED) is 0.370. The molecule has 0 saturated carbocycles. The summed E-state index contributed by atoms with van der Waals surface area (Å²) in [7, 11) is 4.13. The van der Waals surface area contributed by atoms with Crippen LogP contribution < -0.4 is 5.32 Å². The summed E-state index contributed by atoms with van der Waals surface area (Å²) >= 11 is 0.927. The Labute approximate surface area is 182 Å². The topological polar surface area (TPSA) is 128 Å². The van der Waals surface area contributed by atoms with Crippen molar-refractivity contribution in [3.63, 3.8) is 0 Å². The van der Waals surface area contributed by atoms with Crippen molar-refractivity contribution in [3.05, 3.63) is 55.9 Å². The Morgan fingerprint density at radius 1 is 1.23 bits per heavy atom. The van der Waals surface area contributed by atoms with Crippen LogP contribution in [0.25, 0.3) is 0 Å². The molecular weight excluding hydrogens is 426 g/mol. The lowest BCUT2D eigenvalue weighted by Gasteiger charge is -2.24. The second-order valence-electron chi connectivity index (χ2n) is 6.73. The SMILES string of the molecule is COC(=O)c1sc(NC(=O)CN(C)[C@@H](C)c2cccc([N+](=O)[O-])c2)c(C(=O)OC)c1C. The van der Waals surface area contributed by atoms with E-state index in [-0.39, 0.29) is 33.7 Å². The van der Waals surface area contributed by atoms with Crippen molar-refractivity contribution in [2.24, 2.45) is 0 Å². The Morgan fingerprint density at radius 3 is 2.45 bits per heavy atom. The average molecular weight is 449 g/mol. The summed E-state index contributed by atoms with van der Waals surface area (Å²) in [6.45, 7) is 3.33. The molecule has 2 rings (SSSR count). The van der Waals surface area contributed by atoms with Crippen molar-refractivity contribution < 1.29 is 28.8 Å². The second kappa shape index (κ2) is 10.1. The van der Waals surface area contributed by atoms with Gasteiger partial charge in [-0.15, -0.1) is 11.3 Å². The minimum Gasteiger partial charge on any atom is -0.465 e. The highest BCUT2D eigenvalue weighted by molar-refractivity contribution is 7.18. The summed E-state index contributed by atoms with van der Waals surface area (Å²) in [5.41, 5.74) is 1.10. The van der Waals surface area contributed by atoms with Crippen molar-refractivity contribution >= 4 is 39.9 Å². The fourth-order valence-corrected chi connectivity index (χ4v) is 4.05. The summed E-state index contributed by atoms with van der Waals surface area (Å²) in [5.74, 6) is -1.73. The largest absolute Gasteiger partial charge is 0.465 e. The minimum absolute atomic E-state index is 0.0330. The number of nitro groups is 1. The van der Waals surface area contributed by atoms with Gasteiger partial charge in [-0.1, -0.05) is 12.1 Å². The van der Waals surface area contributed by atoms with E-state index in [4.69, 9.17) is 9.47 Å². The van der Waals surface area contributed by atoms with E-state index in [1.807, 2.05) is 6.92 Å². The molecule has 0 fully saturated rings. The molecule has 10 nitrogen and oxygen atoms in total. The molecule has 1 aromatic heterocycles. The molecule has 1 N–H and O–H groups in total. The number of anilines is 1. The fourth-order valence-electron chi connectivity index (χ4n) is 2.92. The lowest BCUT2D eigenvalue weighted by molar-refractivity contribution is -0.384. The molecule has 1 heterocycles. The molecule has 2 aromatic rings. The average Bonchev–Trinajstić information content (AvgIpc) is 3.07. The van der Waals surface area contributed by atoms with Crippen molar-refractivity contribution in [3.8, 4) is 0 Å². The van der Waals surface area contributed by atoms with Gasteiger partial charge >= 0.3 is 11.9 Å². The van der Waals surface area contributed by atoms with Crippen LogP contribution in [0, 0.1) is 17.0 Å². The summed E-state index contributed by atoms with van der Waals surface area (Å²) in [4.78, 5) is 49.2. The van der Waals surface area contributed by atoms with Gasteiger partial charge in [-0.2, -0.15) is 0 Å². The van der Waals surface area contributed by atoms with Crippen LogP contribution in [0.1, 0.15) is 44.1 Å². The van der Waals surface area contributed by atoms with Crippen molar-refractivity contribution in [2.45, 2.75) is 19.9 Å². The van der Waals surface area contributed by atoms with Gasteiger partial charge in [-0.3, -0.25) is 19.8 Å². The molecule has 0 aliphatic rings. The Hall–Kier alpha value is -3.31. The summed E-state index contributed by atoms with van der Waals surface area (Å²) in [5, 5.41) is 13.8. The number of nitrogens with zero attached hydrogens (tertiary/aromatic N) is 2. The monoisotopic (exact) mass is 449 g/mol. The Balaban J connectivity index is 2.20. The molecule has 0 aliphatic heterocycles. The molecule has 0 aliphatic carbocycles. The maximum Gasteiger partial charge on any atom is 0.348 e. The smallest absolute Gasteiger partial charge is 0.348 e. The molecule has 0 saturated heterocycles. The zero-order valence-electron chi connectivity index (χ0n) is 17.8. The van der Waals surface area contributed by atoms with E-state index in [1.165, 1.54) is 26.4 Å². The molecule has 1 atom stereocenters. The van der Waals surface area contributed by atoms with E-state index < -0.39 is 22.8 Å². The number of carbonyl (C=O) groups is 3. The normalized spacial score (nSPS) is 11.7. The number of esters is 2. The Kier molecular flexibility index (Phi) is 7.83. The third-order valence-corrected chi connectivity index (χ3v) is 5.96. The van der Waals surface area contributed by atoms with E-state index >= 15 is 0 Å². The number of nitro benzene ring substituents is 1. The third-order valence-electron chi connectivity index (χ3n) is 4.78. The summed E-state index contributed by atoms with van der Waals surface area (Å²) in [6, 6.07) is 5.90. The predicted molar refractivity (Wildman–Crippen MR) is 115 cm³/mol. The van der Waals surface area contributed by atoms with E-state index in [9.17, 15) is 24.5 Å². The maximum atomic E-state index is 12.6. The zero-order valence-corrected chi connectivity index (χ0v) is 18.6. The van der Waals surface area contributed by atoms with E-state index in [0.29, 0.717) is 11.1 Å². The van der Waals surface area contributed by atoms with Crippen LogP contribution >= 0.6 is 11.3 Å². The van der Waals surface area contributed by atoms with Crippen LogP contribution in [0.3, 0.4) is 0 Å². The molecule has 0 radical (unpaired) electrons. The van der Waals surface area contributed by atoms with Crippen molar-refractivity contribution in [1.29, 1.82) is 0 Å². The number of likely N-dealkylation sites (N-methyl/N-ethyl adjacent to an activating group) is 1. The number of nitrogens with one attached hydrogen (secondary N) is 1. The van der Waals surface area contributed by atoms with Gasteiger partial charge in [0.05, 0.1) is 31.3 Å². The highest BCUT2D eigenvalue weighted by Crippen LogP contribution is 2.34. The molecule has 0 spiro atoms. The number of carbonyl (C=O) groups excluding carboxylic acids is 3. The van der Waals surface area contributed by atoms with Gasteiger partial charge in [0, 0.05) is 18.2 Å². The van der Waals surface area contributed by atoms with Gasteiger partial charge in [0.25, 0.3) is 5.69 Å². The number of non-ortho nitro benzene ring substituents is 1. The molecule has 1 aromatic carbocycles. The first-order chi connectivity index (χ1) is 14.6. The summed E-state index contributed by atoms with van der Waals surface area (Å²) < 4.78 is 9.50. The Morgan fingerprint density at radius 2 is 1.87 bits per heavy atom. The number of hydrogen-bond acceptors (Lipinski definition) is 9. The van der Waals surface area contributed by atoms with Gasteiger partial charge < -0.3 is 14.8 Å². The number of hydrogen-bond donors (Lipinski definition) is 1. The number of benzene rings is 1. The zero-order chi connectivity index (χ0) is 23.3.